The van der Waals surface area contributed by atoms with Crippen molar-refractivity contribution in [2.75, 3.05) is 0 Å². The molecule has 0 bridgehead atoms. The van der Waals surface area contributed by atoms with Crippen LogP contribution in [0.2, 0.25) is 5.02 Å². The van der Waals surface area contributed by atoms with Crippen LogP contribution in [0.5, 0.6) is 5.75 Å². The number of amides is 1. The van der Waals surface area contributed by atoms with Crippen LogP contribution in [0.4, 0.5) is 4.79 Å². The van der Waals surface area contributed by atoms with Crippen LogP contribution in [0, 0.1) is 0 Å². The standard InChI is InChI=1S/C17H18ClNO4/c1-12(16(20)23-15-9-7-14(18)8-10-15)19-17(21)22-11-13-5-3-2-4-6-13/h2-10,12,16,20H,11H2,1H3,(H,19,21). The van der Waals surface area contributed by atoms with Crippen LogP contribution in [0.3, 0.4) is 0 Å². The van der Waals surface area contributed by atoms with Gasteiger partial charge in [0.2, 0.25) is 6.29 Å². The minimum atomic E-state index is -1.21. The number of rotatable bonds is 6. The number of carbonyl (C=O) groups is 1. The Bertz CT molecular complexity index is 618. The fraction of sp³-hybridized carbons (Fsp3) is 0.235. The highest BCUT2D eigenvalue weighted by atomic mass is 35.5. The summed E-state index contributed by atoms with van der Waals surface area (Å²) in [5, 5.41) is 13.0. The van der Waals surface area contributed by atoms with Gasteiger partial charge in [0.25, 0.3) is 0 Å². The van der Waals surface area contributed by atoms with Crippen molar-refractivity contribution in [3.05, 3.63) is 65.2 Å². The summed E-state index contributed by atoms with van der Waals surface area (Å²) in [7, 11) is 0. The molecule has 0 saturated heterocycles. The molecule has 0 fully saturated rings. The van der Waals surface area contributed by atoms with Gasteiger partial charge in [0, 0.05) is 5.02 Å². The van der Waals surface area contributed by atoms with Crippen molar-refractivity contribution in [3.8, 4) is 5.75 Å². The molecule has 5 nitrogen and oxygen atoms in total. The van der Waals surface area contributed by atoms with Crippen LogP contribution in [-0.4, -0.2) is 23.5 Å². The molecule has 2 aromatic carbocycles. The second-order valence-electron chi connectivity index (χ2n) is 4.96. The van der Waals surface area contributed by atoms with Gasteiger partial charge in [0.1, 0.15) is 12.4 Å². The van der Waals surface area contributed by atoms with Crippen molar-refractivity contribution < 1.29 is 19.4 Å². The minimum absolute atomic E-state index is 0.160. The Morgan fingerprint density at radius 3 is 2.48 bits per heavy atom. The third-order valence-corrected chi connectivity index (χ3v) is 3.31. The molecule has 2 rings (SSSR count). The number of benzene rings is 2. The summed E-state index contributed by atoms with van der Waals surface area (Å²) < 4.78 is 10.4. The molecular weight excluding hydrogens is 318 g/mol. The summed E-state index contributed by atoms with van der Waals surface area (Å²) >= 11 is 5.77. The average molecular weight is 336 g/mol. The van der Waals surface area contributed by atoms with Gasteiger partial charge in [-0.25, -0.2) is 4.79 Å². The zero-order valence-electron chi connectivity index (χ0n) is 12.6. The maximum Gasteiger partial charge on any atom is 0.407 e. The maximum atomic E-state index is 11.7. The zero-order chi connectivity index (χ0) is 16.7. The topological polar surface area (TPSA) is 67.8 Å². The van der Waals surface area contributed by atoms with Gasteiger partial charge in [-0.15, -0.1) is 0 Å². The number of hydrogen-bond donors (Lipinski definition) is 2. The van der Waals surface area contributed by atoms with E-state index in [0.717, 1.165) is 5.56 Å². The molecule has 122 valence electrons. The van der Waals surface area contributed by atoms with Gasteiger partial charge in [-0.2, -0.15) is 0 Å². The highest BCUT2D eigenvalue weighted by Crippen LogP contribution is 2.17. The predicted octanol–water partition coefficient (Wildman–Crippen LogP) is 3.35. The largest absolute Gasteiger partial charge is 0.463 e. The molecule has 1 amide bonds. The van der Waals surface area contributed by atoms with Crippen LogP contribution in [-0.2, 0) is 11.3 Å². The lowest BCUT2D eigenvalue weighted by Crippen LogP contribution is -2.44. The number of halogens is 1. The number of nitrogens with one attached hydrogen (secondary N) is 1. The molecule has 2 unspecified atom stereocenters. The van der Waals surface area contributed by atoms with Gasteiger partial charge < -0.3 is 19.9 Å². The van der Waals surface area contributed by atoms with E-state index in [1.165, 1.54) is 0 Å². The predicted molar refractivity (Wildman–Crippen MR) is 87.3 cm³/mol. The number of aliphatic hydroxyl groups excluding tert-OH is 1. The first kappa shape index (κ1) is 17.1. The molecule has 2 N–H and O–H groups in total. The third-order valence-electron chi connectivity index (χ3n) is 3.06. The van der Waals surface area contributed by atoms with Crippen molar-refractivity contribution in [2.24, 2.45) is 0 Å². The summed E-state index contributed by atoms with van der Waals surface area (Å²) in [6, 6.07) is 15.2. The van der Waals surface area contributed by atoms with Crippen LogP contribution in [0.25, 0.3) is 0 Å². The molecule has 2 aromatic rings. The van der Waals surface area contributed by atoms with Gasteiger partial charge >= 0.3 is 6.09 Å². The third kappa shape index (κ3) is 5.81. The van der Waals surface area contributed by atoms with E-state index in [0.29, 0.717) is 10.8 Å². The Hall–Kier alpha value is -2.24. The van der Waals surface area contributed by atoms with Crippen LogP contribution in [0.15, 0.2) is 54.6 Å². The van der Waals surface area contributed by atoms with E-state index in [2.05, 4.69) is 5.32 Å². The highest BCUT2D eigenvalue weighted by Gasteiger charge is 2.19. The molecule has 0 aliphatic heterocycles. The number of alkyl carbamates (subject to hydrolysis) is 1. The Morgan fingerprint density at radius 1 is 1.17 bits per heavy atom. The van der Waals surface area contributed by atoms with Crippen molar-refractivity contribution >= 4 is 17.7 Å². The summed E-state index contributed by atoms with van der Waals surface area (Å²) in [4.78, 5) is 11.7. The fourth-order valence-electron chi connectivity index (χ4n) is 1.78. The monoisotopic (exact) mass is 335 g/mol. The van der Waals surface area contributed by atoms with E-state index in [9.17, 15) is 9.90 Å². The molecule has 2 atom stereocenters. The Balaban J connectivity index is 1.77. The van der Waals surface area contributed by atoms with Crippen LogP contribution >= 0.6 is 11.6 Å². The lowest BCUT2D eigenvalue weighted by atomic mass is 10.2. The van der Waals surface area contributed by atoms with E-state index >= 15 is 0 Å². The Morgan fingerprint density at radius 2 is 1.83 bits per heavy atom. The second kappa shape index (κ2) is 8.41. The van der Waals surface area contributed by atoms with Gasteiger partial charge in [0.05, 0.1) is 6.04 Å². The van der Waals surface area contributed by atoms with Gasteiger partial charge in [-0.3, -0.25) is 0 Å². The Labute approximate surface area is 139 Å². The average Bonchev–Trinajstić information content (AvgIpc) is 2.56. The fourth-order valence-corrected chi connectivity index (χ4v) is 1.90. The molecule has 0 aliphatic rings. The van der Waals surface area contributed by atoms with E-state index in [-0.39, 0.29) is 6.61 Å². The first-order valence-electron chi connectivity index (χ1n) is 7.12. The molecular formula is C17H18ClNO4. The SMILES string of the molecule is CC(NC(=O)OCc1ccccc1)C(O)Oc1ccc(Cl)cc1. The van der Waals surface area contributed by atoms with Crippen LogP contribution < -0.4 is 10.1 Å². The molecule has 0 heterocycles. The maximum absolute atomic E-state index is 11.7. The first-order chi connectivity index (χ1) is 11.0. The smallest absolute Gasteiger partial charge is 0.407 e. The molecule has 0 aromatic heterocycles. The Kier molecular flexibility index (Phi) is 6.26. The molecule has 23 heavy (non-hydrogen) atoms. The van der Waals surface area contributed by atoms with Crippen molar-refractivity contribution in [1.82, 2.24) is 5.32 Å². The van der Waals surface area contributed by atoms with E-state index in [1.54, 1.807) is 31.2 Å². The van der Waals surface area contributed by atoms with E-state index in [4.69, 9.17) is 21.1 Å². The molecule has 6 heteroatoms. The quantitative estimate of drug-likeness (QED) is 0.794. The summed E-state index contributed by atoms with van der Waals surface area (Å²) in [6.45, 7) is 1.78. The highest BCUT2D eigenvalue weighted by molar-refractivity contribution is 6.30. The summed E-state index contributed by atoms with van der Waals surface area (Å²) in [5.41, 5.74) is 0.883. The number of aliphatic hydroxyl groups is 1. The van der Waals surface area contributed by atoms with E-state index < -0.39 is 18.4 Å². The molecule has 0 radical (unpaired) electrons. The van der Waals surface area contributed by atoms with Crippen LogP contribution in [0.1, 0.15) is 12.5 Å². The van der Waals surface area contributed by atoms with Crippen molar-refractivity contribution in [3.63, 3.8) is 0 Å². The number of ether oxygens (including phenoxy) is 2. The van der Waals surface area contributed by atoms with Gasteiger partial charge in [-0.05, 0) is 36.8 Å². The lowest BCUT2D eigenvalue weighted by molar-refractivity contribution is -0.0407. The molecule has 0 aliphatic carbocycles. The summed E-state index contributed by atoms with van der Waals surface area (Å²) in [5.74, 6) is 0.452. The normalized spacial score (nSPS) is 13.0. The van der Waals surface area contributed by atoms with Crippen molar-refractivity contribution in [2.45, 2.75) is 25.9 Å². The van der Waals surface area contributed by atoms with Crippen molar-refractivity contribution in [1.29, 1.82) is 0 Å². The van der Waals surface area contributed by atoms with Gasteiger partial charge in [-0.1, -0.05) is 41.9 Å². The van der Waals surface area contributed by atoms with Gasteiger partial charge in [0.15, 0.2) is 0 Å². The number of carbonyl (C=O) groups excluding carboxylic acids is 1. The molecule has 0 spiro atoms. The van der Waals surface area contributed by atoms with E-state index in [1.807, 2.05) is 30.3 Å². The lowest BCUT2D eigenvalue weighted by Gasteiger charge is -2.21. The zero-order valence-corrected chi connectivity index (χ0v) is 13.4. The summed E-state index contributed by atoms with van der Waals surface area (Å²) in [6.07, 6.45) is -1.83. The number of hydrogen-bond acceptors (Lipinski definition) is 4. The molecule has 0 saturated carbocycles. The minimum Gasteiger partial charge on any atom is -0.463 e. The first-order valence-corrected chi connectivity index (χ1v) is 7.50. The second-order valence-corrected chi connectivity index (χ2v) is 5.39.